The van der Waals surface area contributed by atoms with Gasteiger partial charge in [0.2, 0.25) is 5.69 Å². The number of aromatic carboxylic acids is 1. The zero-order valence-corrected chi connectivity index (χ0v) is 16.8. The minimum Gasteiger partial charge on any atom is -0.476 e. The van der Waals surface area contributed by atoms with Crippen LogP contribution in [0.4, 0.5) is 13.2 Å². The van der Waals surface area contributed by atoms with Crippen molar-refractivity contribution in [2.24, 2.45) is 0 Å². The van der Waals surface area contributed by atoms with Crippen LogP contribution in [-0.4, -0.2) is 25.8 Å². The third-order valence-electron chi connectivity index (χ3n) is 4.77. The molecule has 1 atom stereocenters. The van der Waals surface area contributed by atoms with Gasteiger partial charge in [-0.1, -0.05) is 29.8 Å². The highest BCUT2D eigenvalue weighted by atomic mass is 35.5. The van der Waals surface area contributed by atoms with Crippen molar-refractivity contribution in [2.75, 3.05) is 0 Å². The van der Waals surface area contributed by atoms with Gasteiger partial charge in [0.15, 0.2) is 0 Å². The lowest BCUT2D eigenvalue weighted by molar-refractivity contribution is -0.138. The Morgan fingerprint density at radius 3 is 2.31 bits per heavy atom. The number of carboxylic acids is 1. The summed E-state index contributed by atoms with van der Waals surface area (Å²) in [6.07, 6.45) is -4.95. The number of hydrogen-bond acceptors (Lipinski definition) is 5. The number of carbonyl (C=O) groups is 1. The molecule has 0 fully saturated rings. The van der Waals surface area contributed by atoms with Crippen molar-refractivity contribution < 1.29 is 23.1 Å². The molecule has 0 aliphatic rings. The first-order valence-corrected chi connectivity index (χ1v) is 9.12. The van der Waals surface area contributed by atoms with Crippen LogP contribution in [0.15, 0.2) is 52.1 Å². The molecule has 12 heteroatoms. The lowest BCUT2D eigenvalue weighted by Crippen LogP contribution is -2.36. The monoisotopic (exact) mass is 464 g/mol. The minimum absolute atomic E-state index is 0.246. The predicted molar refractivity (Wildman–Crippen MR) is 106 cm³/mol. The molecule has 0 radical (unpaired) electrons. The fourth-order valence-corrected chi connectivity index (χ4v) is 3.24. The topological polar surface area (TPSA) is 129 Å². The lowest BCUT2D eigenvalue weighted by Gasteiger charge is -2.27. The van der Waals surface area contributed by atoms with Gasteiger partial charge in [-0.25, -0.2) is 9.59 Å². The van der Waals surface area contributed by atoms with E-state index in [9.17, 15) is 32.8 Å². The molecule has 3 rings (SSSR count). The number of rotatable bonds is 4. The Morgan fingerprint density at radius 2 is 1.78 bits per heavy atom. The highest BCUT2D eigenvalue weighted by Crippen LogP contribution is 2.41. The maximum Gasteiger partial charge on any atom is 0.416 e. The van der Waals surface area contributed by atoms with Gasteiger partial charge in [-0.15, -0.1) is 0 Å². The number of carboxylic acid groups (broad SMARTS) is 1. The van der Waals surface area contributed by atoms with E-state index in [0.717, 1.165) is 12.1 Å². The van der Waals surface area contributed by atoms with Gasteiger partial charge in [0.25, 0.3) is 5.56 Å². The highest BCUT2D eigenvalue weighted by Gasteiger charge is 2.41. The number of nitrogens with one attached hydrogen (secondary N) is 1. The van der Waals surface area contributed by atoms with Gasteiger partial charge < -0.3 is 5.11 Å². The van der Waals surface area contributed by atoms with Crippen molar-refractivity contribution in [3.05, 3.63) is 90.7 Å². The number of benzene rings is 2. The summed E-state index contributed by atoms with van der Waals surface area (Å²) < 4.78 is 42.2. The van der Waals surface area contributed by atoms with Gasteiger partial charge in [0.05, 0.1) is 17.3 Å². The van der Waals surface area contributed by atoms with Crippen LogP contribution < -0.4 is 11.2 Å². The molecule has 2 aromatic carbocycles. The number of nitriles is 1. The van der Waals surface area contributed by atoms with Gasteiger partial charge in [0, 0.05) is 5.02 Å². The van der Waals surface area contributed by atoms with E-state index in [1.165, 1.54) is 31.2 Å². The molecule has 0 aliphatic carbocycles. The third kappa shape index (κ3) is 4.00. The Morgan fingerprint density at radius 1 is 1.16 bits per heavy atom. The van der Waals surface area contributed by atoms with Crippen LogP contribution in [0.5, 0.6) is 0 Å². The number of halogens is 4. The molecule has 0 bridgehead atoms. The molecule has 0 saturated carbocycles. The fourth-order valence-electron chi connectivity index (χ4n) is 3.11. The summed E-state index contributed by atoms with van der Waals surface area (Å²) in [7, 11) is 0. The van der Waals surface area contributed by atoms with Gasteiger partial charge in [-0.3, -0.25) is 9.78 Å². The summed E-state index contributed by atoms with van der Waals surface area (Å²) in [5.41, 5.74) is -7.22. The van der Waals surface area contributed by atoms with Crippen LogP contribution in [0, 0.1) is 11.3 Å². The molecule has 2 N–H and O–H groups in total. The van der Waals surface area contributed by atoms with E-state index in [4.69, 9.17) is 16.7 Å². The van der Waals surface area contributed by atoms with Crippen molar-refractivity contribution in [3.8, 4) is 11.8 Å². The number of aromatic nitrogens is 3. The van der Waals surface area contributed by atoms with E-state index in [0.29, 0.717) is 15.8 Å². The first kappa shape index (κ1) is 22.8. The normalized spacial score (nSPS) is 13.2. The molecule has 164 valence electrons. The first-order chi connectivity index (χ1) is 14.9. The maximum absolute atomic E-state index is 14.0. The van der Waals surface area contributed by atoms with Crippen molar-refractivity contribution in [1.29, 1.82) is 5.26 Å². The molecule has 3 aromatic rings. The van der Waals surface area contributed by atoms with E-state index < -0.39 is 51.3 Å². The Bertz CT molecular complexity index is 1370. The molecular weight excluding hydrogens is 453 g/mol. The Balaban J connectivity index is 2.30. The molecule has 0 saturated heterocycles. The number of alkyl halides is 3. The summed E-state index contributed by atoms with van der Waals surface area (Å²) in [5, 5.41) is 22.5. The Labute approximate surface area is 182 Å². The first-order valence-electron chi connectivity index (χ1n) is 8.75. The van der Waals surface area contributed by atoms with E-state index in [-0.39, 0.29) is 5.56 Å². The second kappa shape index (κ2) is 7.97. The molecule has 1 unspecified atom stereocenters. The summed E-state index contributed by atoms with van der Waals surface area (Å²) in [5.74, 6) is -1.77. The summed E-state index contributed by atoms with van der Waals surface area (Å²) >= 11 is 5.84. The molecule has 1 aromatic heterocycles. The van der Waals surface area contributed by atoms with Crippen molar-refractivity contribution in [3.63, 3.8) is 0 Å². The standard InChI is InChI=1S/C20H12ClF3N4O4/c1-19(9-25,10-2-4-11(21)5-3-10)13-7-6-12(8-14(13)20(22,23)24)28-18(32)26-16(29)15(27-28)17(30)31/h2-8H,1H3,(H,30,31)(H,26,29,32). The molecule has 0 spiro atoms. The molecule has 0 aliphatic heterocycles. The SMILES string of the molecule is CC(C#N)(c1ccc(Cl)cc1)c1ccc(-n2nc(C(=O)O)c(=O)[nH]c2=O)cc1C(F)(F)F. The molecule has 8 nitrogen and oxygen atoms in total. The van der Waals surface area contributed by atoms with Crippen molar-refractivity contribution >= 4 is 17.6 Å². The fraction of sp³-hybridized carbons (Fsp3) is 0.150. The maximum atomic E-state index is 14.0. The quantitative estimate of drug-likeness (QED) is 0.610. The van der Waals surface area contributed by atoms with E-state index in [2.05, 4.69) is 5.10 Å². The minimum atomic E-state index is -4.95. The lowest BCUT2D eigenvalue weighted by atomic mass is 9.75. The highest BCUT2D eigenvalue weighted by molar-refractivity contribution is 6.30. The van der Waals surface area contributed by atoms with Gasteiger partial charge >= 0.3 is 17.8 Å². The number of H-pyrrole nitrogens is 1. The second-order valence-corrected chi connectivity index (χ2v) is 7.23. The van der Waals surface area contributed by atoms with Crippen molar-refractivity contribution in [1.82, 2.24) is 14.8 Å². The largest absolute Gasteiger partial charge is 0.476 e. The Kier molecular flexibility index (Phi) is 5.67. The van der Waals surface area contributed by atoms with Crippen molar-refractivity contribution in [2.45, 2.75) is 18.5 Å². The van der Waals surface area contributed by atoms with Crippen LogP contribution in [0.2, 0.25) is 5.02 Å². The van der Waals surface area contributed by atoms with Gasteiger partial charge in [0.1, 0.15) is 5.41 Å². The average Bonchev–Trinajstić information content (AvgIpc) is 2.72. The number of nitrogens with zero attached hydrogens (tertiary/aromatic N) is 3. The van der Waals surface area contributed by atoms with Gasteiger partial charge in [-0.2, -0.15) is 28.2 Å². The zero-order chi connectivity index (χ0) is 23.8. The summed E-state index contributed by atoms with van der Waals surface area (Å²) in [4.78, 5) is 36.5. The molecule has 0 amide bonds. The van der Waals surface area contributed by atoms with Crippen LogP contribution in [-0.2, 0) is 11.6 Å². The molecule has 1 heterocycles. The van der Waals surface area contributed by atoms with Crippen LogP contribution in [0.1, 0.15) is 34.1 Å². The third-order valence-corrected chi connectivity index (χ3v) is 5.02. The smallest absolute Gasteiger partial charge is 0.416 e. The van der Waals surface area contributed by atoms with E-state index in [1.807, 2.05) is 6.07 Å². The zero-order valence-electron chi connectivity index (χ0n) is 16.1. The molecule has 32 heavy (non-hydrogen) atoms. The van der Waals surface area contributed by atoms with Crippen LogP contribution in [0.25, 0.3) is 5.69 Å². The molecular formula is C20H12ClF3N4O4. The number of hydrogen-bond donors (Lipinski definition) is 2. The van der Waals surface area contributed by atoms with Gasteiger partial charge in [-0.05, 0) is 42.3 Å². The second-order valence-electron chi connectivity index (χ2n) is 6.80. The number of aromatic amines is 1. The summed E-state index contributed by atoms with van der Waals surface area (Å²) in [6.45, 7) is 1.30. The Hall–Kier alpha value is -3.91. The van der Waals surface area contributed by atoms with Crippen LogP contribution >= 0.6 is 11.6 Å². The van der Waals surface area contributed by atoms with E-state index >= 15 is 0 Å². The average molecular weight is 465 g/mol. The van der Waals surface area contributed by atoms with Crippen LogP contribution in [0.3, 0.4) is 0 Å². The predicted octanol–water partition coefficient (Wildman–Crippen LogP) is 3.12. The summed E-state index contributed by atoms with van der Waals surface area (Å²) in [6, 6.07) is 10.2. The van der Waals surface area contributed by atoms with E-state index in [1.54, 1.807) is 4.98 Å².